The van der Waals surface area contributed by atoms with Crippen molar-refractivity contribution in [2.24, 2.45) is 0 Å². The maximum Gasteiger partial charge on any atom is 0.305 e. The summed E-state index contributed by atoms with van der Waals surface area (Å²) in [6.45, 7) is 6.47. The maximum atomic E-state index is 11.7. The lowest BCUT2D eigenvalue weighted by Gasteiger charge is -2.34. The minimum absolute atomic E-state index is 0.0247. The Kier molecular flexibility index (Phi) is 14.7. The fourth-order valence-electron chi connectivity index (χ4n) is 5.39. The van der Waals surface area contributed by atoms with Crippen LogP contribution in [0.15, 0.2) is 60.7 Å². The predicted octanol–water partition coefficient (Wildman–Crippen LogP) is 5.53. The Morgan fingerprint density at radius 1 is 0.900 bits per heavy atom. The van der Waals surface area contributed by atoms with Crippen molar-refractivity contribution in [3.8, 4) is 0 Å². The van der Waals surface area contributed by atoms with Crippen molar-refractivity contribution >= 4 is 5.97 Å². The second-order valence-corrected chi connectivity index (χ2v) is 10.7. The third-order valence-corrected chi connectivity index (χ3v) is 7.47. The number of rotatable bonds is 19. The number of hydrogen-bond donors (Lipinski definition) is 1. The predicted molar refractivity (Wildman–Crippen MR) is 157 cm³/mol. The summed E-state index contributed by atoms with van der Waals surface area (Å²) in [5.74, 6) is -0.126. The summed E-state index contributed by atoms with van der Waals surface area (Å²) in [7, 11) is 2.12. The van der Waals surface area contributed by atoms with Gasteiger partial charge in [0, 0.05) is 12.8 Å². The molecule has 0 heterocycles. The van der Waals surface area contributed by atoms with Gasteiger partial charge in [0.1, 0.15) is 6.10 Å². The summed E-state index contributed by atoms with van der Waals surface area (Å²) in [6, 6.07) is 20.4. The van der Waals surface area contributed by atoms with Gasteiger partial charge in [-0.1, -0.05) is 80.4 Å². The minimum atomic E-state index is -0.502. The number of carbonyl (C=O) groups excluding carboxylic acids is 1. The number of esters is 1. The molecule has 1 N–H and O–H groups in total. The van der Waals surface area contributed by atoms with Crippen LogP contribution in [0.3, 0.4) is 0 Å². The Morgan fingerprint density at radius 2 is 1.52 bits per heavy atom. The molecule has 7 nitrogen and oxygen atoms in total. The van der Waals surface area contributed by atoms with E-state index in [0.717, 1.165) is 43.4 Å². The molecule has 2 aromatic carbocycles. The molecule has 1 saturated carbocycles. The van der Waals surface area contributed by atoms with Crippen LogP contribution in [0.4, 0.5) is 0 Å². The molecule has 0 amide bonds. The Labute approximate surface area is 240 Å². The number of likely N-dealkylation sites (N-methyl/N-ethyl adjacent to an activating group) is 1. The Bertz CT molecular complexity index is 942. The number of unbranched alkanes of at least 4 members (excludes halogenated alkanes) is 2. The summed E-state index contributed by atoms with van der Waals surface area (Å²) in [4.78, 5) is 14.0. The van der Waals surface area contributed by atoms with Crippen molar-refractivity contribution < 1.29 is 28.8 Å². The first-order valence-electron chi connectivity index (χ1n) is 15.0. The van der Waals surface area contributed by atoms with Gasteiger partial charge in [-0.15, -0.1) is 0 Å². The molecule has 5 atom stereocenters. The van der Waals surface area contributed by atoms with Crippen LogP contribution in [-0.4, -0.2) is 73.2 Å². The van der Waals surface area contributed by atoms with Crippen LogP contribution in [0, 0.1) is 0 Å². The molecule has 3 rings (SSSR count). The number of nitrogens with zero attached hydrogens (tertiary/aromatic N) is 1. The van der Waals surface area contributed by atoms with Crippen LogP contribution in [0.25, 0.3) is 0 Å². The van der Waals surface area contributed by atoms with Crippen LogP contribution in [0.1, 0.15) is 69.9 Å². The fourth-order valence-corrected chi connectivity index (χ4v) is 5.39. The highest BCUT2D eigenvalue weighted by atomic mass is 16.6. The van der Waals surface area contributed by atoms with E-state index in [4.69, 9.17) is 18.9 Å². The zero-order valence-electron chi connectivity index (χ0n) is 24.6. The zero-order chi connectivity index (χ0) is 28.6. The van der Waals surface area contributed by atoms with Crippen molar-refractivity contribution in [1.82, 2.24) is 4.90 Å². The SMILES string of the molecule is CCCC(O)COC1C(OCc2ccccc2)CC(OCc2ccccc2)C1N(C)CCCCCC(=O)OCC. The van der Waals surface area contributed by atoms with E-state index in [0.29, 0.717) is 39.1 Å². The minimum Gasteiger partial charge on any atom is -0.466 e. The molecule has 0 radical (unpaired) electrons. The van der Waals surface area contributed by atoms with Gasteiger partial charge in [0.05, 0.1) is 50.8 Å². The molecule has 0 bridgehead atoms. The topological polar surface area (TPSA) is 77.5 Å². The summed E-state index contributed by atoms with van der Waals surface area (Å²) in [5, 5.41) is 10.5. The van der Waals surface area contributed by atoms with Gasteiger partial charge in [0.2, 0.25) is 0 Å². The molecule has 0 aromatic heterocycles. The number of carbonyl (C=O) groups is 1. The number of hydrogen-bond acceptors (Lipinski definition) is 7. The first kappa shape index (κ1) is 32.2. The monoisotopic (exact) mass is 555 g/mol. The van der Waals surface area contributed by atoms with Gasteiger partial charge in [-0.3, -0.25) is 9.69 Å². The smallest absolute Gasteiger partial charge is 0.305 e. The van der Waals surface area contributed by atoms with E-state index < -0.39 is 6.10 Å². The fraction of sp³-hybridized carbons (Fsp3) is 0.606. The summed E-state index contributed by atoms with van der Waals surface area (Å²) in [6.07, 6.45) is 4.52. The lowest BCUT2D eigenvalue weighted by molar-refractivity contribution is -0.143. The van der Waals surface area contributed by atoms with Crippen LogP contribution in [0.5, 0.6) is 0 Å². The zero-order valence-corrected chi connectivity index (χ0v) is 24.6. The van der Waals surface area contributed by atoms with Gasteiger partial charge in [-0.2, -0.15) is 0 Å². The highest BCUT2D eigenvalue weighted by Crippen LogP contribution is 2.33. The van der Waals surface area contributed by atoms with Gasteiger partial charge in [0.15, 0.2) is 0 Å². The quantitative estimate of drug-likeness (QED) is 0.180. The Morgan fingerprint density at radius 3 is 2.12 bits per heavy atom. The highest BCUT2D eigenvalue weighted by molar-refractivity contribution is 5.69. The third kappa shape index (κ3) is 10.9. The van der Waals surface area contributed by atoms with Crippen LogP contribution in [-0.2, 0) is 37.0 Å². The first-order chi connectivity index (χ1) is 19.5. The second kappa shape index (κ2) is 18.2. The van der Waals surface area contributed by atoms with E-state index in [1.54, 1.807) is 0 Å². The molecule has 5 unspecified atom stereocenters. The van der Waals surface area contributed by atoms with Gasteiger partial charge >= 0.3 is 5.97 Å². The van der Waals surface area contributed by atoms with E-state index >= 15 is 0 Å². The summed E-state index contributed by atoms with van der Waals surface area (Å²) in [5.41, 5.74) is 2.25. The number of aliphatic hydroxyl groups is 1. The van der Waals surface area contributed by atoms with Gasteiger partial charge in [-0.05, 0) is 50.9 Å². The normalized spacial score (nSPS) is 21.5. The molecule has 0 aliphatic heterocycles. The molecular formula is C33H49NO6. The molecule has 1 aliphatic carbocycles. The van der Waals surface area contributed by atoms with Crippen molar-refractivity contribution in [1.29, 1.82) is 0 Å². The lowest BCUT2D eigenvalue weighted by Crippen LogP contribution is -2.49. The summed E-state index contributed by atoms with van der Waals surface area (Å²) < 4.78 is 24.6. The molecule has 222 valence electrons. The van der Waals surface area contributed by atoms with Gasteiger partial charge < -0.3 is 24.1 Å². The van der Waals surface area contributed by atoms with Crippen LogP contribution < -0.4 is 0 Å². The standard InChI is InChI=1S/C33H49NO6/c1-4-15-28(35)25-40-33-30(39-24-27-18-11-7-12-19-27)22-29(38-23-26-16-9-6-10-17-26)32(33)34(3)21-14-8-13-20-31(36)37-5-2/h6-7,9-12,16-19,28-30,32-33,35H,4-5,8,13-15,20-25H2,1-3H3. The average molecular weight is 556 g/mol. The van der Waals surface area contributed by atoms with E-state index in [9.17, 15) is 9.90 Å². The average Bonchev–Trinajstić information content (AvgIpc) is 3.32. The molecule has 0 saturated heterocycles. The van der Waals surface area contributed by atoms with Crippen LogP contribution in [0.2, 0.25) is 0 Å². The summed E-state index contributed by atoms with van der Waals surface area (Å²) >= 11 is 0. The number of aliphatic hydroxyl groups excluding tert-OH is 1. The highest BCUT2D eigenvalue weighted by Gasteiger charge is 2.47. The number of ether oxygens (including phenoxy) is 4. The van der Waals surface area contributed by atoms with Crippen molar-refractivity contribution in [2.45, 2.75) is 102 Å². The van der Waals surface area contributed by atoms with E-state index in [-0.39, 0.29) is 36.9 Å². The van der Waals surface area contributed by atoms with Crippen LogP contribution >= 0.6 is 0 Å². The largest absolute Gasteiger partial charge is 0.466 e. The third-order valence-electron chi connectivity index (χ3n) is 7.47. The molecule has 2 aromatic rings. The molecule has 0 spiro atoms. The van der Waals surface area contributed by atoms with E-state index in [1.165, 1.54) is 0 Å². The first-order valence-corrected chi connectivity index (χ1v) is 15.0. The molecular weight excluding hydrogens is 506 g/mol. The van der Waals surface area contributed by atoms with Gasteiger partial charge in [0.25, 0.3) is 0 Å². The molecule has 7 heteroatoms. The van der Waals surface area contributed by atoms with E-state index in [2.05, 4.69) is 43.1 Å². The van der Waals surface area contributed by atoms with Gasteiger partial charge in [-0.25, -0.2) is 0 Å². The molecule has 1 fully saturated rings. The Balaban J connectivity index is 1.70. The molecule has 40 heavy (non-hydrogen) atoms. The van der Waals surface area contributed by atoms with Crippen molar-refractivity contribution in [3.63, 3.8) is 0 Å². The van der Waals surface area contributed by atoms with E-state index in [1.807, 2.05) is 43.3 Å². The molecule has 1 aliphatic rings. The Hall–Kier alpha value is -2.29. The second-order valence-electron chi connectivity index (χ2n) is 10.7. The van der Waals surface area contributed by atoms with Crippen molar-refractivity contribution in [3.05, 3.63) is 71.8 Å². The number of benzene rings is 2. The maximum absolute atomic E-state index is 11.7. The lowest BCUT2D eigenvalue weighted by atomic mass is 10.1. The van der Waals surface area contributed by atoms with Crippen molar-refractivity contribution in [2.75, 3.05) is 26.8 Å².